The molecule has 100 valence electrons. The summed E-state index contributed by atoms with van der Waals surface area (Å²) in [6, 6.07) is 4.28. The lowest BCUT2D eigenvalue weighted by molar-refractivity contribution is 0.105. The van der Waals surface area contributed by atoms with E-state index in [4.69, 9.17) is 10.5 Å². The van der Waals surface area contributed by atoms with Crippen LogP contribution < -0.4 is 5.73 Å². The van der Waals surface area contributed by atoms with Crippen molar-refractivity contribution < 1.29 is 9.13 Å². The molecule has 0 amide bonds. The fourth-order valence-corrected chi connectivity index (χ4v) is 2.37. The van der Waals surface area contributed by atoms with Gasteiger partial charge in [-0.1, -0.05) is 0 Å². The molecule has 6 nitrogen and oxygen atoms in total. The predicted octanol–water partition coefficient (Wildman–Crippen LogP) is 1.41. The normalized spacial score (nSPS) is 22.8. The number of nitrogens with two attached hydrogens (primary N) is 1. The van der Waals surface area contributed by atoms with Gasteiger partial charge in [0.25, 0.3) is 0 Å². The maximum Gasteiger partial charge on any atom is 0.184 e. The number of ether oxygens (including phenoxy) is 1. The Hall–Kier alpha value is -2.02. The second-order valence-electron chi connectivity index (χ2n) is 4.61. The number of rotatable bonds is 2. The van der Waals surface area contributed by atoms with Gasteiger partial charge in [0.1, 0.15) is 5.82 Å². The summed E-state index contributed by atoms with van der Waals surface area (Å²) in [7, 11) is 0. The lowest BCUT2D eigenvalue weighted by atomic mass is 10.1. The van der Waals surface area contributed by atoms with Gasteiger partial charge in [0.2, 0.25) is 0 Å². The Morgan fingerprint density at radius 3 is 3.00 bits per heavy atom. The monoisotopic (exact) mass is 263 g/mol. The lowest BCUT2D eigenvalue weighted by Gasteiger charge is -2.16. The molecule has 1 saturated heterocycles. The van der Waals surface area contributed by atoms with E-state index in [1.165, 1.54) is 12.1 Å². The quantitative estimate of drug-likeness (QED) is 0.829. The average Bonchev–Trinajstić information content (AvgIpc) is 2.97. The Kier molecular flexibility index (Phi) is 2.90. The Morgan fingerprint density at radius 2 is 2.32 bits per heavy atom. The molecule has 19 heavy (non-hydrogen) atoms. The van der Waals surface area contributed by atoms with Gasteiger partial charge in [0, 0.05) is 17.9 Å². The smallest absolute Gasteiger partial charge is 0.184 e. The highest BCUT2D eigenvalue weighted by Crippen LogP contribution is 2.31. The minimum absolute atomic E-state index is 0.0453. The average molecular weight is 263 g/mol. The number of aromatic nitrogens is 4. The molecular formula is C12H14FN5O. The fraction of sp³-hybridized carbons (Fsp3) is 0.417. The summed E-state index contributed by atoms with van der Waals surface area (Å²) < 4.78 is 20.3. The fourth-order valence-electron chi connectivity index (χ4n) is 2.37. The molecule has 2 unspecified atom stereocenters. The van der Waals surface area contributed by atoms with Gasteiger partial charge in [-0.25, -0.2) is 9.07 Å². The summed E-state index contributed by atoms with van der Waals surface area (Å²) in [6.45, 7) is 2.67. The SMILES string of the molecule is CC1OCCC1n1nnnc1-c1ccc(F)cc1N. The molecule has 0 saturated carbocycles. The van der Waals surface area contributed by atoms with E-state index in [0.29, 0.717) is 23.7 Å². The van der Waals surface area contributed by atoms with Crippen LogP contribution in [0.15, 0.2) is 18.2 Å². The molecule has 7 heteroatoms. The third-order valence-corrected chi connectivity index (χ3v) is 3.40. The van der Waals surface area contributed by atoms with E-state index in [2.05, 4.69) is 15.5 Å². The number of nitrogen functional groups attached to an aromatic ring is 1. The maximum atomic E-state index is 13.1. The van der Waals surface area contributed by atoms with Crippen LogP contribution in [-0.2, 0) is 4.74 Å². The summed E-state index contributed by atoms with van der Waals surface area (Å²) >= 11 is 0. The molecule has 1 fully saturated rings. The van der Waals surface area contributed by atoms with Crippen molar-refractivity contribution in [3.05, 3.63) is 24.0 Å². The molecule has 1 aromatic heterocycles. The predicted molar refractivity (Wildman–Crippen MR) is 66.7 cm³/mol. The number of hydrogen-bond acceptors (Lipinski definition) is 5. The van der Waals surface area contributed by atoms with Gasteiger partial charge < -0.3 is 10.5 Å². The topological polar surface area (TPSA) is 78.8 Å². The molecule has 2 N–H and O–H groups in total. The minimum atomic E-state index is -0.377. The summed E-state index contributed by atoms with van der Waals surface area (Å²) in [6.07, 6.45) is 0.893. The Balaban J connectivity index is 2.04. The van der Waals surface area contributed by atoms with Gasteiger partial charge in [-0.3, -0.25) is 0 Å². The lowest BCUT2D eigenvalue weighted by Crippen LogP contribution is -2.19. The van der Waals surface area contributed by atoms with Crippen LogP contribution in [0.25, 0.3) is 11.4 Å². The van der Waals surface area contributed by atoms with Crippen molar-refractivity contribution in [2.45, 2.75) is 25.5 Å². The van der Waals surface area contributed by atoms with Gasteiger partial charge in [-0.05, 0) is 42.0 Å². The van der Waals surface area contributed by atoms with Crippen LogP contribution in [0.1, 0.15) is 19.4 Å². The van der Waals surface area contributed by atoms with Crippen molar-refractivity contribution in [1.82, 2.24) is 20.2 Å². The standard InChI is InChI=1S/C12H14FN5O/c1-7-11(4-5-19-7)18-12(15-16-17-18)9-3-2-8(13)6-10(9)14/h2-3,6-7,11H,4-5,14H2,1H3. The molecule has 0 radical (unpaired) electrons. The van der Waals surface area contributed by atoms with Gasteiger partial charge >= 0.3 is 0 Å². The second-order valence-corrected chi connectivity index (χ2v) is 4.61. The van der Waals surface area contributed by atoms with Crippen molar-refractivity contribution in [1.29, 1.82) is 0 Å². The summed E-state index contributed by atoms with van der Waals surface area (Å²) in [5, 5.41) is 11.7. The number of halogens is 1. The van der Waals surface area contributed by atoms with Crippen LogP contribution >= 0.6 is 0 Å². The first-order valence-corrected chi connectivity index (χ1v) is 6.11. The molecule has 1 aromatic carbocycles. The Labute approximate surface area is 109 Å². The van der Waals surface area contributed by atoms with Crippen LogP contribution in [-0.4, -0.2) is 32.9 Å². The van der Waals surface area contributed by atoms with Crippen LogP contribution in [0.5, 0.6) is 0 Å². The number of nitrogens with zero attached hydrogens (tertiary/aromatic N) is 4. The van der Waals surface area contributed by atoms with Gasteiger partial charge in [-0.2, -0.15) is 0 Å². The van der Waals surface area contributed by atoms with Gasteiger partial charge in [-0.15, -0.1) is 5.10 Å². The molecule has 1 aliphatic rings. The summed E-state index contributed by atoms with van der Waals surface area (Å²) in [5.74, 6) is 0.165. The first-order chi connectivity index (χ1) is 9.16. The van der Waals surface area contributed by atoms with E-state index in [9.17, 15) is 4.39 Å². The molecule has 1 aliphatic heterocycles. The van der Waals surface area contributed by atoms with Crippen LogP contribution in [0.3, 0.4) is 0 Å². The molecular weight excluding hydrogens is 249 g/mol. The molecule has 0 spiro atoms. The molecule has 2 atom stereocenters. The first-order valence-electron chi connectivity index (χ1n) is 6.11. The van der Waals surface area contributed by atoms with Crippen molar-refractivity contribution in [3.63, 3.8) is 0 Å². The van der Waals surface area contributed by atoms with Crippen molar-refractivity contribution in [2.24, 2.45) is 0 Å². The highest BCUT2D eigenvalue weighted by atomic mass is 19.1. The molecule has 2 heterocycles. The summed E-state index contributed by atoms with van der Waals surface area (Å²) in [4.78, 5) is 0. The first kappa shape index (κ1) is 12.0. The van der Waals surface area contributed by atoms with E-state index >= 15 is 0 Å². The third kappa shape index (κ3) is 2.06. The van der Waals surface area contributed by atoms with E-state index in [0.717, 1.165) is 6.42 Å². The number of anilines is 1. The molecule has 0 bridgehead atoms. The van der Waals surface area contributed by atoms with E-state index in [-0.39, 0.29) is 18.0 Å². The molecule has 2 aromatic rings. The number of hydrogen-bond donors (Lipinski definition) is 1. The summed E-state index contributed by atoms with van der Waals surface area (Å²) in [5.41, 5.74) is 6.79. The highest BCUT2D eigenvalue weighted by Gasteiger charge is 2.29. The van der Waals surface area contributed by atoms with E-state index in [1.807, 2.05) is 6.92 Å². The van der Waals surface area contributed by atoms with Crippen LogP contribution in [0, 0.1) is 5.82 Å². The second kappa shape index (κ2) is 4.58. The van der Waals surface area contributed by atoms with E-state index < -0.39 is 0 Å². The van der Waals surface area contributed by atoms with Gasteiger partial charge in [0.15, 0.2) is 5.82 Å². The van der Waals surface area contributed by atoms with Crippen molar-refractivity contribution in [3.8, 4) is 11.4 Å². The maximum absolute atomic E-state index is 13.1. The van der Waals surface area contributed by atoms with Crippen LogP contribution in [0.2, 0.25) is 0 Å². The van der Waals surface area contributed by atoms with E-state index in [1.54, 1.807) is 10.7 Å². The zero-order chi connectivity index (χ0) is 13.4. The van der Waals surface area contributed by atoms with Crippen LogP contribution in [0.4, 0.5) is 10.1 Å². The van der Waals surface area contributed by atoms with Gasteiger partial charge in [0.05, 0.1) is 12.1 Å². The Bertz CT molecular complexity index is 600. The Morgan fingerprint density at radius 1 is 1.47 bits per heavy atom. The third-order valence-electron chi connectivity index (χ3n) is 3.40. The highest BCUT2D eigenvalue weighted by molar-refractivity contribution is 5.71. The minimum Gasteiger partial charge on any atom is -0.398 e. The number of benzene rings is 1. The molecule has 3 rings (SSSR count). The van der Waals surface area contributed by atoms with Crippen molar-refractivity contribution in [2.75, 3.05) is 12.3 Å². The zero-order valence-corrected chi connectivity index (χ0v) is 10.5. The largest absolute Gasteiger partial charge is 0.398 e. The molecule has 0 aliphatic carbocycles. The number of tetrazole rings is 1. The zero-order valence-electron chi connectivity index (χ0n) is 10.5. The van der Waals surface area contributed by atoms with Crippen molar-refractivity contribution >= 4 is 5.69 Å².